The van der Waals surface area contributed by atoms with Crippen molar-refractivity contribution in [2.45, 2.75) is 0 Å². The monoisotopic (exact) mass is 134 g/mol. The summed E-state index contributed by atoms with van der Waals surface area (Å²) < 4.78 is 1.83. The van der Waals surface area contributed by atoms with Gasteiger partial charge in [0, 0.05) is 26.2 Å². The zero-order chi connectivity index (χ0) is 5.98. The lowest BCUT2D eigenvalue weighted by molar-refractivity contribution is 0.228. The standard InChI is InChI=1S/C5H11ClN2/c1-7-2-4-8(6)5-3-7/h2-5H2,1H3. The normalized spacial score (nSPS) is 26.2. The van der Waals surface area contributed by atoms with Gasteiger partial charge in [-0.05, 0) is 18.8 Å². The fourth-order valence-electron chi connectivity index (χ4n) is 0.782. The minimum atomic E-state index is 0.998. The largest absolute Gasteiger partial charge is 0.304 e. The van der Waals surface area contributed by atoms with E-state index in [-0.39, 0.29) is 0 Å². The van der Waals surface area contributed by atoms with Crippen molar-refractivity contribution >= 4 is 11.8 Å². The van der Waals surface area contributed by atoms with Crippen LogP contribution in [0.5, 0.6) is 0 Å². The number of likely N-dealkylation sites (N-methyl/N-ethyl adjacent to an activating group) is 1. The van der Waals surface area contributed by atoms with E-state index in [0.29, 0.717) is 0 Å². The number of hydrogen-bond donors (Lipinski definition) is 0. The third kappa shape index (κ3) is 1.62. The fourth-order valence-corrected chi connectivity index (χ4v) is 0.933. The Balaban J connectivity index is 2.19. The first-order valence-corrected chi connectivity index (χ1v) is 3.22. The lowest BCUT2D eigenvalue weighted by Crippen LogP contribution is -2.39. The van der Waals surface area contributed by atoms with Crippen LogP contribution in [0.1, 0.15) is 0 Å². The summed E-state index contributed by atoms with van der Waals surface area (Å²) in [6.45, 7) is 4.20. The molecule has 0 atom stereocenters. The van der Waals surface area contributed by atoms with Gasteiger partial charge >= 0.3 is 0 Å². The molecule has 0 saturated carbocycles. The highest BCUT2D eigenvalue weighted by Gasteiger charge is 2.09. The van der Waals surface area contributed by atoms with Crippen molar-refractivity contribution in [2.75, 3.05) is 33.2 Å². The molecule has 1 rings (SSSR count). The number of rotatable bonds is 0. The zero-order valence-electron chi connectivity index (χ0n) is 5.10. The molecule has 0 aromatic heterocycles. The second kappa shape index (κ2) is 2.67. The van der Waals surface area contributed by atoms with Gasteiger partial charge in [0.15, 0.2) is 0 Å². The SMILES string of the molecule is CN1CCN(Cl)CC1. The molecule has 1 saturated heterocycles. The topological polar surface area (TPSA) is 6.48 Å². The van der Waals surface area contributed by atoms with E-state index in [2.05, 4.69) is 11.9 Å². The van der Waals surface area contributed by atoms with Crippen LogP contribution in [0.4, 0.5) is 0 Å². The highest BCUT2D eigenvalue weighted by atomic mass is 35.5. The molecule has 0 N–H and O–H groups in total. The molecule has 0 aromatic carbocycles. The fraction of sp³-hybridized carbons (Fsp3) is 1.00. The van der Waals surface area contributed by atoms with Crippen molar-refractivity contribution in [2.24, 2.45) is 0 Å². The third-order valence-electron chi connectivity index (χ3n) is 1.45. The molecule has 1 aliphatic rings. The van der Waals surface area contributed by atoms with E-state index >= 15 is 0 Å². The summed E-state index contributed by atoms with van der Waals surface area (Å²) in [4.78, 5) is 2.28. The zero-order valence-corrected chi connectivity index (χ0v) is 5.86. The molecule has 1 fully saturated rings. The maximum absolute atomic E-state index is 5.69. The van der Waals surface area contributed by atoms with Gasteiger partial charge in [-0.2, -0.15) is 0 Å². The first kappa shape index (κ1) is 6.33. The van der Waals surface area contributed by atoms with E-state index < -0.39 is 0 Å². The van der Waals surface area contributed by atoms with Gasteiger partial charge in [-0.15, -0.1) is 0 Å². The van der Waals surface area contributed by atoms with Gasteiger partial charge in [-0.25, -0.2) is 4.42 Å². The van der Waals surface area contributed by atoms with Gasteiger partial charge in [0.05, 0.1) is 0 Å². The van der Waals surface area contributed by atoms with Gasteiger partial charge in [-0.3, -0.25) is 0 Å². The van der Waals surface area contributed by atoms with Gasteiger partial charge in [0.2, 0.25) is 0 Å². The molecule has 0 aliphatic carbocycles. The van der Waals surface area contributed by atoms with Crippen LogP contribution in [0, 0.1) is 0 Å². The molecular weight excluding hydrogens is 124 g/mol. The van der Waals surface area contributed by atoms with Crippen molar-refractivity contribution in [3.05, 3.63) is 0 Å². The summed E-state index contributed by atoms with van der Waals surface area (Å²) in [5.41, 5.74) is 0. The summed E-state index contributed by atoms with van der Waals surface area (Å²) in [6.07, 6.45) is 0. The highest BCUT2D eigenvalue weighted by molar-refractivity contribution is 6.13. The van der Waals surface area contributed by atoms with E-state index in [1.165, 1.54) is 0 Å². The minimum absolute atomic E-state index is 0.998. The van der Waals surface area contributed by atoms with Crippen molar-refractivity contribution in [1.29, 1.82) is 0 Å². The molecule has 0 unspecified atom stereocenters. The average molecular weight is 135 g/mol. The summed E-state index contributed by atoms with van der Waals surface area (Å²) in [5, 5.41) is 0. The number of halogens is 1. The molecule has 8 heavy (non-hydrogen) atoms. The Bertz CT molecular complexity index is 58.8. The first-order chi connectivity index (χ1) is 3.79. The van der Waals surface area contributed by atoms with Gasteiger partial charge in [0.25, 0.3) is 0 Å². The van der Waals surface area contributed by atoms with Gasteiger partial charge < -0.3 is 4.90 Å². The van der Waals surface area contributed by atoms with Crippen LogP contribution in [0.2, 0.25) is 0 Å². The van der Waals surface area contributed by atoms with E-state index in [4.69, 9.17) is 11.8 Å². The number of hydrogen-bond acceptors (Lipinski definition) is 2. The van der Waals surface area contributed by atoms with E-state index in [1.807, 2.05) is 4.42 Å². The lowest BCUT2D eigenvalue weighted by Gasteiger charge is -2.26. The van der Waals surface area contributed by atoms with Crippen molar-refractivity contribution < 1.29 is 0 Å². The molecular formula is C5H11ClN2. The Morgan fingerprint density at radius 1 is 1.12 bits per heavy atom. The quantitative estimate of drug-likeness (QED) is 0.443. The second-order valence-electron chi connectivity index (χ2n) is 2.21. The molecule has 1 heterocycles. The third-order valence-corrected chi connectivity index (χ3v) is 1.79. The first-order valence-electron chi connectivity index (χ1n) is 2.88. The van der Waals surface area contributed by atoms with Crippen molar-refractivity contribution in [1.82, 2.24) is 9.32 Å². The van der Waals surface area contributed by atoms with Crippen LogP contribution in [0.15, 0.2) is 0 Å². The van der Waals surface area contributed by atoms with Gasteiger partial charge in [-0.1, -0.05) is 0 Å². The summed E-state index contributed by atoms with van der Waals surface area (Å²) in [6, 6.07) is 0. The molecule has 0 spiro atoms. The number of piperazine rings is 1. The van der Waals surface area contributed by atoms with Crippen molar-refractivity contribution in [3.63, 3.8) is 0 Å². The van der Waals surface area contributed by atoms with Crippen molar-refractivity contribution in [3.8, 4) is 0 Å². The van der Waals surface area contributed by atoms with E-state index in [9.17, 15) is 0 Å². The predicted octanol–water partition coefficient (Wildman–Crippen LogP) is 0.388. The Labute approximate surface area is 55.1 Å². The van der Waals surface area contributed by atoms with Gasteiger partial charge in [0.1, 0.15) is 0 Å². The molecule has 1 aliphatic heterocycles. The Kier molecular flexibility index (Phi) is 2.11. The second-order valence-corrected chi connectivity index (χ2v) is 2.69. The van der Waals surface area contributed by atoms with E-state index in [0.717, 1.165) is 26.2 Å². The smallest absolute Gasteiger partial charge is 0.0267 e. The molecule has 0 bridgehead atoms. The minimum Gasteiger partial charge on any atom is -0.304 e. The van der Waals surface area contributed by atoms with Crippen LogP contribution in [-0.2, 0) is 0 Å². The molecule has 2 nitrogen and oxygen atoms in total. The Hall–Kier alpha value is 0.210. The van der Waals surface area contributed by atoms with Crippen LogP contribution in [-0.4, -0.2) is 42.5 Å². The molecule has 48 valence electrons. The summed E-state index contributed by atoms with van der Waals surface area (Å²) in [7, 11) is 2.11. The van der Waals surface area contributed by atoms with Crippen LogP contribution in [0.3, 0.4) is 0 Å². The summed E-state index contributed by atoms with van der Waals surface area (Å²) in [5.74, 6) is 0. The number of nitrogens with zero attached hydrogens (tertiary/aromatic N) is 2. The molecule has 0 aromatic rings. The predicted molar refractivity (Wildman–Crippen MR) is 34.9 cm³/mol. The lowest BCUT2D eigenvalue weighted by atomic mass is 10.4. The van der Waals surface area contributed by atoms with Crippen LogP contribution in [0.25, 0.3) is 0 Å². The molecule has 0 amide bonds. The molecule has 0 radical (unpaired) electrons. The highest BCUT2D eigenvalue weighted by Crippen LogP contribution is 2.00. The maximum atomic E-state index is 5.69. The van der Waals surface area contributed by atoms with Crippen LogP contribution >= 0.6 is 11.8 Å². The molecule has 3 heteroatoms. The van der Waals surface area contributed by atoms with E-state index in [1.54, 1.807) is 0 Å². The Morgan fingerprint density at radius 2 is 1.62 bits per heavy atom. The van der Waals surface area contributed by atoms with Crippen LogP contribution < -0.4 is 0 Å². The maximum Gasteiger partial charge on any atom is 0.0267 e. The summed E-state index contributed by atoms with van der Waals surface area (Å²) >= 11 is 5.69. The Morgan fingerprint density at radius 3 is 2.00 bits per heavy atom. The average Bonchev–Trinajstić information content (AvgIpc) is 1.77.